The van der Waals surface area contributed by atoms with Gasteiger partial charge in [0, 0.05) is 19.2 Å². The van der Waals surface area contributed by atoms with Crippen molar-refractivity contribution in [2.75, 3.05) is 40.3 Å². The Labute approximate surface area is 196 Å². The van der Waals surface area contributed by atoms with Crippen LogP contribution in [0.5, 0.6) is 5.75 Å². The molecule has 4 rings (SSSR count). The summed E-state index contributed by atoms with van der Waals surface area (Å²) in [5.41, 5.74) is 2.32. The van der Waals surface area contributed by atoms with Crippen molar-refractivity contribution < 1.29 is 14.3 Å². The molecule has 2 aromatic carbocycles. The second-order valence-electron chi connectivity index (χ2n) is 9.37. The SMILES string of the molecule is COc1ccc([C@@H]2[C@@H](C(=O)NCCCN3CCC(C)CC3)c3ccccc3C(=O)N2C)cc1. The van der Waals surface area contributed by atoms with E-state index in [4.69, 9.17) is 4.74 Å². The Kier molecular flexibility index (Phi) is 7.33. The Morgan fingerprint density at radius 2 is 1.79 bits per heavy atom. The number of likely N-dealkylation sites (N-methyl/N-ethyl adjacent to an activating group) is 1. The quantitative estimate of drug-likeness (QED) is 0.653. The molecule has 0 aliphatic carbocycles. The molecule has 2 aromatic rings. The number of hydrogen-bond acceptors (Lipinski definition) is 4. The molecular weight excluding hydrogens is 414 g/mol. The highest BCUT2D eigenvalue weighted by Gasteiger charge is 2.42. The average Bonchev–Trinajstić information content (AvgIpc) is 2.85. The lowest BCUT2D eigenvalue weighted by atomic mass is 9.79. The molecule has 0 saturated carbocycles. The van der Waals surface area contributed by atoms with E-state index in [1.165, 1.54) is 12.8 Å². The maximum absolute atomic E-state index is 13.5. The molecule has 0 unspecified atom stereocenters. The first kappa shape index (κ1) is 23.3. The van der Waals surface area contributed by atoms with Crippen molar-refractivity contribution in [2.24, 2.45) is 5.92 Å². The van der Waals surface area contributed by atoms with Crippen LogP contribution in [0.2, 0.25) is 0 Å². The molecule has 6 heteroatoms. The standard InChI is InChI=1S/C27H35N3O3/c1-19-13-17-30(18-14-19)16-6-15-28-26(31)24-22-7-4-5-8-23(22)27(32)29(2)25(24)20-9-11-21(33-3)12-10-20/h4-5,7-12,19,24-25H,6,13-18H2,1-3H3,(H,28,31)/t24-,25+/m0/s1. The highest BCUT2D eigenvalue weighted by molar-refractivity contribution is 6.01. The van der Waals surface area contributed by atoms with Gasteiger partial charge in [0.25, 0.3) is 5.91 Å². The van der Waals surface area contributed by atoms with Gasteiger partial charge in [-0.15, -0.1) is 0 Å². The first-order valence-corrected chi connectivity index (χ1v) is 12.0. The van der Waals surface area contributed by atoms with Crippen LogP contribution in [0.1, 0.15) is 59.6 Å². The van der Waals surface area contributed by atoms with E-state index in [1.807, 2.05) is 48.5 Å². The Morgan fingerprint density at radius 3 is 2.48 bits per heavy atom. The summed E-state index contributed by atoms with van der Waals surface area (Å²) in [6.45, 7) is 6.26. The van der Waals surface area contributed by atoms with Crippen molar-refractivity contribution in [2.45, 2.75) is 38.1 Å². The molecule has 2 amide bonds. The maximum Gasteiger partial charge on any atom is 0.254 e. The molecule has 1 saturated heterocycles. The summed E-state index contributed by atoms with van der Waals surface area (Å²) in [6, 6.07) is 14.8. The number of fused-ring (bicyclic) bond motifs is 1. The van der Waals surface area contributed by atoms with Crippen LogP contribution in [-0.2, 0) is 4.79 Å². The van der Waals surface area contributed by atoms with E-state index in [9.17, 15) is 9.59 Å². The lowest BCUT2D eigenvalue weighted by Crippen LogP contribution is -2.46. The van der Waals surface area contributed by atoms with E-state index in [-0.39, 0.29) is 17.9 Å². The molecular formula is C27H35N3O3. The Hall–Kier alpha value is -2.86. The number of rotatable bonds is 7. The summed E-state index contributed by atoms with van der Waals surface area (Å²) < 4.78 is 5.29. The molecule has 2 atom stereocenters. The van der Waals surface area contributed by atoms with Crippen LogP contribution in [0.15, 0.2) is 48.5 Å². The van der Waals surface area contributed by atoms with Crippen LogP contribution in [0.4, 0.5) is 0 Å². The van der Waals surface area contributed by atoms with Crippen molar-refractivity contribution >= 4 is 11.8 Å². The number of hydrogen-bond donors (Lipinski definition) is 1. The number of nitrogens with zero attached hydrogens (tertiary/aromatic N) is 2. The van der Waals surface area contributed by atoms with E-state index >= 15 is 0 Å². The zero-order chi connectivity index (χ0) is 23.4. The van der Waals surface area contributed by atoms with Gasteiger partial charge in [0.1, 0.15) is 5.75 Å². The number of methoxy groups -OCH3 is 1. The molecule has 1 fully saturated rings. The lowest BCUT2D eigenvalue weighted by Gasteiger charge is -2.39. The normalized spacial score (nSPS) is 21.5. The molecule has 33 heavy (non-hydrogen) atoms. The first-order chi connectivity index (χ1) is 16.0. The van der Waals surface area contributed by atoms with Crippen molar-refractivity contribution in [1.82, 2.24) is 15.1 Å². The van der Waals surface area contributed by atoms with Crippen molar-refractivity contribution in [3.8, 4) is 5.75 Å². The van der Waals surface area contributed by atoms with Crippen LogP contribution in [-0.4, -0.2) is 62.0 Å². The average molecular weight is 450 g/mol. The fraction of sp³-hybridized carbons (Fsp3) is 0.481. The minimum absolute atomic E-state index is 0.0325. The van der Waals surface area contributed by atoms with E-state index in [0.29, 0.717) is 12.1 Å². The van der Waals surface area contributed by atoms with Gasteiger partial charge in [-0.2, -0.15) is 0 Å². The second kappa shape index (κ2) is 10.4. The number of carbonyl (C=O) groups excluding carboxylic acids is 2. The molecule has 0 spiro atoms. The minimum Gasteiger partial charge on any atom is -0.497 e. The third kappa shape index (κ3) is 5.06. The molecule has 0 bridgehead atoms. The van der Waals surface area contributed by atoms with E-state index in [2.05, 4.69) is 17.1 Å². The van der Waals surface area contributed by atoms with E-state index in [0.717, 1.165) is 48.8 Å². The van der Waals surface area contributed by atoms with Crippen molar-refractivity contribution in [1.29, 1.82) is 0 Å². The fourth-order valence-corrected chi connectivity index (χ4v) is 5.08. The van der Waals surface area contributed by atoms with E-state index < -0.39 is 5.92 Å². The van der Waals surface area contributed by atoms with Crippen molar-refractivity contribution in [3.05, 3.63) is 65.2 Å². The number of nitrogens with one attached hydrogen (secondary N) is 1. The summed E-state index contributed by atoms with van der Waals surface area (Å²) in [6.07, 6.45) is 3.45. The molecule has 2 aliphatic rings. The number of piperidine rings is 1. The Morgan fingerprint density at radius 1 is 1.09 bits per heavy atom. The number of carbonyl (C=O) groups is 2. The maximum atomic E-state index is 13.5. The minimum atomic E-state index is -0.465. The van der Waals surface area contributed by atoms with Gasteiger partial charge in [-0.05, 0) is 74.1 Å². The van der Waals surface area contributed by atoms with Crippen LogP contribution < -0.4 is 10.1 Å². The highest BCUT2D eigenvalue weighted by Crippen LogP contribution is 2.42. The fourth-order valence-electron chi connectivity index (χ4n) is 5.08. The molecule has 2 heterocycles. The van der Waals surface area contributed by atoms with Gasteiger partial charge in [-0.3, -0.25) is 9.59 Å². The zero-order valence-corrected chi connectivity index (χ0v) is 19.9. The monoisotopic (exact) mass is 449 g/mol. The van der Waals surface area contributed by atoms with Gasteiger partial charge in [0.2, 0.25) is 5.91 Å². The second-order valence-corrected chi connectivity index (χ2v) is 9.37. The summed E-state index contributed by atoms with van der Waals surface area (Å²) in [5.74, 6) is 1.01. The summed E-state index contributed by atoms with van der Waals surface area (Å²) in [4.78, 5) is 30.8. The van der Waals surface area contributed by atoms with Crippen LogP contribution in [0, 0.1) is 5.92 Å². The van der Waals surface area contributed by atoms with Crippen LogP contribution in [0.3, 0.4) is 0 Å². The number of amides is 2. The molecule has 2 aliphatic heterocycles. The highest BCUT2D eigenvalue weighted by atomic mass is 16.5. The van der Waals surface area contributed by atoms with Gasteiger partial charge < -0.3 is 19.9 Å². The van der Waals surface area contributed by atoms with Gasteiger partial charge in [-0.1, -0.05) is 37.3 Å². The smallest absolute Gasteiger partial charge is 0.254 e. The van der Waals surface area contributed by atoms with Gasteiger partial charge in [-0.25, -0.2) is 0 Å². The molecule has 0 radical (unpaired) electrons. The Balaban J connectivity index is 1.50. The topological polar surface area (TPSA) is 61.9 Å². The molecule has 176 valence electrons. The number of likely N-dealkylation sites (tertiary alicyclic amines) is 1. The summed E-state index contributed by atoms with van der Waals surface area (Å²) >= 11 is 0. The largest absolute Gasteiger partial charge is 0.497 e. The van der Waals surface area contributed by atoms with Crippen molar-refractivity contribution in [3.63, 3.8) is 0 Å². The van der Waals surface area contributed by atoms with Crippen LogP contribution in [0.25, 0.3) is 0 Å². The molecule has 1 N–H and O–H groups in total. The van der Waals surface area contributed by atoms with Gasteiger partial charge in [0.05, 0.1) is 19.1 Å². The number of ether oxygens (including phenoxy) is 1. The van der Waals surface area contributed by atoms with E-state index in [1.54, 1.807) is 19.1 Å². The third-order valence-corrected chi connectivity index (χ3v) is 7.15. The summed E-state index contributed by atoms with van der Waals surface area (Å²) in [5, 5.41) is 3.17. The summed E-state index contributed by atoms with van der Waals surface area (Å²) in [7, 11) is 3.41. The lowest BCUT2D eigenvalue weighted by molar-refractivity contribution is -0.124. The predicted octanol–water partition coefficient (Wildman–Crippen LogP) is 3.84. The van der Waals surface area contributed by atoms with Gasteiger partial charge >= 0.3 is 0 Å². The zero-order valence-electron chi connectivity index (χ0n) is 19.9. The number of benzene rings is 2. The first-order valence-electron chi connectivity index (χ1n) is 12.0. The Bertz CT molecular complexity index is 967. The third-order valence-electron chi connectivity index (χ3n) is 7.15. The van der Waals surface area contributed by atoms with Gasteiger partial charge in [0.15, 0.2) is 0 Å². The predicted molar refractivity (Wildman–Crippen MR) is 129 cm³/mol. The van der Waals surface area contributed by atoms with Crippen LogP contribution >= 0.6 is 0 Å². The molecule has 0 aromatic heterocycles. The molecule has 6 nitrogen and oxygen atoms in total.